The van der Waals surface area contributed by atoms with Gasteiger partial charge in [-0.15, -0.1) is 0 Å². The highest BCUT2D eigenvalue weighted by Crippen LogP contribution is 2.27. The Bertz CT molecular complexity index is 967. The van der Waals surface area contributed by atoms with Gasteiger partial charge in [0.05, 0.1) is 9.83 Å². The van der Waals surface area contributed by atoms with Crippen LogP contribution in [0.4, 0.5) is 5.69 Å². The van der Waals surface area contributed by atoms with Crippen molar-refractivity contribution < 1.29 is 19.2 Å². The summed E-state index contributed by atoms with van der Waals surface area (Å²) >= 11 is 1.08. The van der Waals surface area contributed by atoms with Gasteiger partial charge in [-0.3, -0.25) is 14.9 Å². The molecule has 0 atom stereocenters. The molecule has 1 aliphatic heterocycles. The van der Waals surface area contributed by atoms with Crippen molar-refractivity contribution in [1.29, 1.82) is 0 Å². The Morgan fingerprint density at radius 2 is 1.88 bits per heavy atom. The Kier molecular flexibility index (Phi) is 4.81. The minimum atomic E-state index is -0.828. The van der Waals surface area contributed by atoms with Gasteiger partial charge in [-0.25, -0.2) is 4.79 Å². The quantitative estimate of drug-likeness (QED) is 0.289. The van der Waals surface area contributed by atoms with E-state index >= 15 is 0 Å². The van der Waals surface area contributed by atoms with Crippen LogP contribution in [0.15, 0.2) is 58.4 Å². The number of para-hydroxylation sites is 1. The van der Waals surface area contributed by atoms with Crippen molar-refractivity contribution in [3.63, 3.8) is 0 Å². The second-order valence-electron chi connectivity index (χ2n) is 5.10. The van der Waals surface area contributed by atoms with E-state index in [9.17, 15) is 19.7 Å². The van der Waals surface area contributed by atoms with E-state index in [1.807, 2.05) is 0 Å². The van der Waals surface area contributed by atoms with Gasteiger partial charge < -0.3 is 10.5 Å². The zero-order chi connectivity index (χ0) is 18.7. The maximum absolute atomic E-state index is 12.2. The van der Waals surface area contributed by atoms with Gasteiger partial charge in [-0.2, -0.15) is 4.99 Å². The Balaban J connectivity index is 1.74. The number of ether oxygens (including phenoxy) is 1. The first-order valence-electron chi connectivity index (χ1n) is 7.28. The van der Waals surface area contributed by atoms with Crippen molar-refractivity contribution in [2.75, 3.05) is 0 Å². The minimum absolute atomic E-state index is 0.135. The van der Waals surface area contributed by atoms with Gasteiger partial charge in [0, 0.05) is 6.07 Å². The molecule has 1 aliphatic rings. The summed E-state index contributed by atoms with van der Waals surface area (Å²) in [4.78, 5) is 38.1. The van der Waals surface area contributed by atoms with Crippen LogP contribution in [0.1, 0.15) is 15.9 Å². The summed E-state index contributed by atoms with van der Waals surface area (Å²) in [5, 5.41) is 11.2. The summed E-state index contributed by atoms with van der Waals surface area (Å²) in [6.07, 6.45) is 1.62. The summed E-state index contributed by atoms with van der Waals surface area (Å²) < 4.78 is 5.18. The van der Waals surface area contributed by atoms with E-state index in [-0.39, 0.29) is 22.2 Å². The summed E-state index contributed by atoms with van der Waals surface area (Å²) in [7, 11) is 0. The predicted octanol–water partition coefficient (Wildman–Crippen LogP) is 2.74. The van der Waals surface area contributed by atoms with Crippen LogP contribution in [0.5, 0.6) is 5.75 Å². The number of amides is 1. The van der Waals surface area contributed by atoms with Crippen molar-refractivity contribution in [3.8, 4) is 5.75 Å². The first-order valence-corrected chi connectivity index (χ1v) is 8.09. The average molecular weight is 369 g/mol. The Morgan fingerprint density at radius 3 is 2.50 bits per heavy atom. The lowest BCUT2D eigenvalue weighted by Crippen LogP contribution is -2.10. The molecule has 0 aliphatic carbocycles. The fourth-order valence-corrected chi connectivity index (χ4v) is 2.86. The maximum Gasteiger partial charge on any atom is 0.350 e. The third-order valence-corrected chi connectivity index (χ3v) is 4.16. The molecule has 2 N–H and O–H groups in total. The third-order valence-electron chi connectivity index (χ3n) is 3.35. The number of thioether (sulfide) groups is 1. The molecule has 1 amide bonds. The first-order chi connectivity index (χ1) is 12.4. The fraction of sp³-hybridized carbons (Fsp3) is 0. The lowest BCUT2D eigenvalue weighted by atomic mass is 10.2. The molecule has 2 aromatic carbocycles. The number of nitrogens with zero attached hydrogens (tertiary/aromatic N) is 2. The number of nitro benzene ring substituents is 1. The number of benzene rings is 2. The molecule has 9 heteroatoms. The van der Waals surface area contributed by atoms with Gasteiger partial charge in [0.15, 0.2) is 5.17 Å². The monoisotopic (exact) mass is 369 g/mol. The first kappa shape index (κ1) is 17.4. The number of amidine groups is 1. The third kappa shape index (κ3) is 3.78. The summed E-state index contributed by atoms with van der Waals surface area (Å²) in [5.41, 5.74) is 5.71. The smallest absolute Gasteiger partial charge is 0.350 e. The van der Waals surface area contributed by atoms with Crippen molar-refractivity contribution in [3.05, 3.63) is 74.7 Å². The van der Waals surface area contributed by atoms with Crippen molar-refractivity contribution in [1.82, 2.24) is 0 Å². The number of aliphatic imine (C=N–C) groups is 1. The van der Waals surface area contributed by atoms with E-state index < -0.39 is 16.8 Å². The number of nitrogens with two attached hydrogens (primary N) is 1. The normalized spacial score (nSPS) is 15.0. The van der Waals surface area contributed by atoms with Crippen LogP contribution in [0, 0.1) is 10.1 Å². The molecule has 8 nitrogen and oxygen atoms in total. The lowest BCUT2D eigenvalue weighted by molar-refractivity contribution is -0.385. The molecule has 0 fully saturated rings. The van der Waals surface area contributed by atoms with Gasteiger partial charge in [0.25, 0.3) is 11.6 Å². The van der Waals surface area contributed by atoms with Gasteiger partial charge >= 0.3 is 5.97 Å². The summed E-state index contributed by atoms with van der Waals surface area (Å²) in [6, 6.07) is 11.9. The van der Waals surface area contributed by atoms with Crippen LogP contribution in [0.3, 0.4) is 0 Å². The van der Waals surface area contributed by atoms with Gasteiger partial charge in [-0.1, -0.05) is 24.3 Å². The molecule has 3 rings (SSSR count). The molecule has 0 aromatic heterocycles. The van der Waals surface area contributed by atoms with Crippen LogP contribution in [-0.4, -0.2) is 22.0 Å². The second kappa shape index (κ2) is 7.19. The van der Waals surface area contributed by atoms with Crippen LogP contribution in [0.25, 0.3) is 6.08 Å². The number of rotatable bonds is 4. The number of carbonyl (C=O) groups excluding carboxylic acids is 2. The number of hydrogen-bond donors (Lipinski definition) is 1. The Labute approximate surface area is 151 Å². The predicted molar refractivity (Wildman–Crippen MR) is 96.7 cm³/mol. The van der Waals surface area contributed by atoms with Crippen LogP contribution in [0.2, 0.25) is 0 Å². The fourth-order valence-electron chi connectivity index (χ4n) is 2.18. The van der Waals surface area contributed by atoms with Gasteiger partial charge in [-0.05, 0) is 41.6 Å². The molecule has 0 spiro atoms. The second-order valence-corrected chi connectivity index (χ2v) is 6.16. The molecule has 1 heterocycles. The van der Waals surface area contributed by atoms with E-state index in [2.05, 4.69) is 4.99 Å². The number of nitro groups is 1. The van der Waals surface area contributed by atoms with Crippen molar-refractivity contribution in [2.45, 2.75) is 0 Å². The zero-order valence-corrected chi connectivity index (χ0v) is 13.9. The molecular weight excluding hydrogens is 358 g/mol. The van der Waals surface area contributed by atoms with E-state index in [1.165, 1.54) is 36.4 Å². The molecule has 130 valence electrons. The van der Waals surface area contributed by atoms with Crippen LogP contribution < -0.4 is 10.5 Å². The van der Waals surface area contributed by atoms with Gasteiger partial charge in [0.1, 0.15) is 11.3 Å². The van der Waals surface area contributed by atoms with E-state index in [0.717, 1.165) is 11.8 Å². The lowest BCUT2D eigenvalue weighted by Gasteiger charge is -2.05. The molecule has 2 aromatic rings. The minimum Gasteiger partial charge on any atom is -0.423 e. The standard InChI is InChI=1S/C17H11N3O5S/c18-17-19-15(21)14(26-17)9-10-5-7-11(8-6-10)25-16(22)12-3-1-2-4-13(12)20(23)24/h1-9H,(H2,18,19,21)/b14-9-. The molecule has 0 unspecified atom stereocenters. The van der Waals surface area contributed by atoms with Crippen molar-refractivity contribution >= 4 is 40.6 Å². The van der Waals surface area contributed by atoms with Crippen molar-refractivity contribution in [2.24, 2.45) is 10.7 Å². The van der Waals surface area contributed by atoms with Gasteiger partial charge in [0.2, 0.25) is 0 Å². The number of hydrogen-bond acceptors (Lipinski definition) is 7. The summed E-state index contributed by atoms with van der Waals surface area (Å²) in [5.74, 6) is -1.01. The maximum atomic E-state index is 12.2. The molecule has 0 radical (unpaired) electrons. The van der Waals surface area contributed by atoms with E-state index in [4.69, 9.17) is 10.5 Å². The Hall–Kier alpha value is -3.46. The topological polar surface area (TPSA) is 125 Å². The van der Waals surface area contributed by atoms with E-state index in [1.54, 1.807) is 18.2 Å². The summed E-state index contributed by atoms with van der Waals surface area (Å²) in [6.45, 7) is 0. The average Bonchev–Trinajstić information content (AvgIpc) is 2.93. The SMILES string of the molecule is NC1=NC(=O)/C(=C/c2ccc(OC(=O)c3ccccc3[N+](=O)[O-])cc2)S1. The van der Waals surface area contributed by atoms with Crippen LogP contribution in [-0.2, 0) is 4.79 Å². The molecule has 0 saturated heterocycles. The Morgan fingerprint density at radius 1 is 1.19 bits per heavy atom. The number of esters is 1. The molecule has 26 heavy (non-hydrogen) atoms. The zero-order valence-electron chi connectivity index (χ0n) is 13.1. The molecule has 0 saturated carbocycles. The molecule has 0 bridgehead atoms. The highest BCUT2D eigenvalue weighted by molar-refractivity contribution is 8.18. The highest BCUT2D eigenvalue weighted by atomic mass is 32.2. The largest absolute Gasteiger partial charge is 0.423 e. The highest BCUT2D eigenvalue weighted by Gasteiger charge is 2.21. The number of carbonyl (C=O) groups is 2. The van der Waals surface area contributed by atoms with Crippen LogP contribution >= 0.6 is 11.8 Å². The molecular formula is C17H11N3O5S. The van der Waals surface area contributed by atoms with E-state index in [0.29, 0.717) is 10.5 Å².